The second kappa shape index (κ2) is 7.65. The van der Waals surface area contributed by atoms with Crippen molar-refractivity contribution in [1.82, 2.24) is 19.6 Å². The molecule has 1 aromatic carbocycles. The Morgan fingerprint density at radius 3 is 2.30 bits per heavy atom. The highest BCUT2D eigenvalue weighted by Crippen LogP contribution is 2.15. The highest BCUT2D eigenvalue weighted by molar-refractivity contribution is 5.94. The van der Waals surface area contributed by atoms with Crippen LogP contribution in [0, 0.1) is 0 Å². The molecule has 1 atom stereocenters. The van der Waals surface area contributed by atoms with Crippen LogP contribution in [0.5, 0.6) is 0 Å². The van der Waals surface area contributed by atoms with Crippen molar-refractivity contribution in [2.24, 2.45) is 0 Å². The van der Waals surface area contributed by atoms with Gasteiger partial charge in [0.25, 0.3) is 5.56 Å². The van der Waals surface area contributed by atoms with E-state index in [-0.39, 0.29) is 5.91 Å². The lowest BCUT2D eigenvalue weighted by atomic mass is 10.2. The summed E-state index contributed by atoms with van der Waals surface area (Å²) in [6, 6.07) is 10.4. The molecule has 0 saturated carbocycles. The molecule has 2 aromatic heterocycles. The summed E-state index contributed by atoms with van der Waals surface area (Å²) in [6.07, 6.45) is 3.29. The summed E-state index contributed by atoms with van der Waals surface area (Å²) < 4.78 is 2.61. The number of nitrogens with zero attached hydrogens (tertiary/aromatic N) is 4. The molecule has 0 fully saturated rings. The lowest BCUT2D eigenvalue weighted by molar-refractivity contribution is -0.119. The largest absolute Gasteiger partial charge is 0.326 e. The number of aromatic nitrogens is 4. The smallest absolute Gasteiger partial charge is 0.267 e. The molecule has 0 saturated heterocycles. The SMILES string of the molecule is CC(=O)Nc1ccc(NC(=O)C(C)n2nc(-n3cccn3)ccc2=O)cc1. The third-order valence-corrected chi connectivity index (χ3v) is 3.77. The van der Waals surface area contributed by atoms with E-state index in [1.807, 2.05) is 0 Å². The molecule has 2 N–H and O–H groups in total. The number of hydrogen-bond acceptors (Lipinski definition) is 5. The number of carbonyl (C=O) groups excluding carboxylic acids is 2. The van der Waals surface area contributed by atoms with Crippen LogP contribution in [0.2, 0.25) is 0 Å². The molecular formula is C18H18N6O3. The van der Waals surface area contributed by atoms with Gasteiger partial charge < -0.3 is 10.6 Å². The van der Waals surface area contributed by atoms with Crippen LogP contribution in [0.1, 0.15) is 19.9 Å². The van der Waals surface area contributed by atoms with Crippen molar-refractivity contribution in [2.75, 3.05) is 10.6 Å². The Morgan fingerprint density at radius 1 is 1.04 bits per heavy atom. The van der Waals surface area contributed by atoms with Gasteiger partial charge >= 0.3 is 0 Å². The number of benzene rings is 1. The van der Waals surface area contributed by atoms with Crippen molar-refractivity contribution < 1.29 is 9.59 Å². The summed E-state index contributed by atoms with van der Waals surface area (Å²) >= 11 is 0. The standard InChI is InChI=1S/C18H18N6O3/c1-12(18(27)21-15-6-4-14(5-7-15)20-13(2)25)24-17(26)9-8-16(22-24)23-11-3-10-19-23/h3-12H,1-2H3,(H,20,25)(H,21,27). The number of rotatable bonds is 5. The first kappa shape index (κ1) is 18.1. The van der Waals surface area contributed by atoms with E-state index in [4.69, 9.17) is 0 Å². The second-order valence-electron chi connectivity index (χ2n) is 5.85. The number of nitrogens with one attached hydrogen (secondary N) is 2. The summed E-state index contributed by atoms with van der Waals surface area (Å²) in [6.45, 7) is 3.00. The van der Waals surface area contributed by atoms with Gasteiger partial charge in [-0.15, -0.1) is 5.10 Å². The van der Waals surface area contributed by atoms with Crippen LogP contribution in [0.4, 0.5) is 11.4 Å². The highest BCUT2D eigenvalue weighted by Gasteiger charge is 2.18. The lowest BCUT2D eigenvalue weighted by Crippen LogP contribution is -2.33. The fourth-order valence-corrected chi connectivity index (χ4v) is 2.42. The molecule has 0 spiro atoms. The molecule has 1 unspecified atom stereocenters. The zero-order chi connectivity index (χ0) is 19.4. The van der Waals surface area contributed by atoms with E-state index in [1.54, 1.807) is 49.6 Å². The van der Waals surface area contributed by atoms with E-state index in [0.717, 1.165) is 4.68 Å². The molecule has 27 heavy (non-hydrogen) atoms. The van der Waals surface area contributed by atoms with Gasteiger partial charge in [0.2, 0.25) is 11.8 Å². The Kier molecular flexibility index (Phi) is 5.11. The number of carbonyl (C=O) groups is 2. The number of hydrogen-bond donors (Lipinski definition) is 2. The highest BCUT2D eigenvalue weighted by atomic mass is 16.2. The van der Waals surface area contributed by atoms with Gasteiger partial charge in [-0.2, -0.15) is 5.10 Å². The Bertz CT molecular complexity index is 1010. The molecule has 2 heterocycles. The normalized spacial score (nSPS) is 11.6. The molecule has 9 heteroatoms. The van der Waals surface area contributed by atoms with Gasteiger partial charge in [0.15, 0.2) is 5.82 Å². The number of amides is 2. The predicted octanol–water partition coefficient (Wildman–Crippen LogP) is 1.59. The van der Waals surface area contributed by atoms with Crippen molar-refractivity contribution in [2.45, 2.75) is 19.9 Å². The van der Waals surface area contributed by atoms with Gasteiger partial charge in [-0.05, 0) is 43.3 Å². The van der Waals surface area contributed by atoms with Crippen molar-refractivity contribution in [3.8, 4) is 5.82 Å². The minimum absolute atomic E-state index is 0.178. The Labute approximate surface area is 154 Å². The quantitative estimate of drug-likeness (QED) is 0.712. The van der Waals surface area contributed by atoms with E-state index in [9.17, 15) is 14.4 Å². The number of anilines is 2. The lowest BCUT2D eigenvalue weighted by Gasteiger charge is -2.15. The van der Waals surface area contributed by atoms with Crippen molar-refractivity contribution in [1.29, 1.82) is 0 Å². The maximum Gasteiger partial charge on any atom is 0.267 e. The first-order chi connectivity index (χ1) is 12.9. The van der Waals surface area contributed by atoms with Gasteiger partial charge in [-0.1, -0.05) is 0 Å². The topological polar surface area (TPSA) is 111 Å². The molecule has 0 aliphatic heterocycles. The minimum atomic E-state index is -0.831. The molecule has 2 amide bonds. The summed E-state index contributed by atoms with van der Waals surface area (Å²) in [7, 11) is 0. The first-order valence-electron chi connectivity index (χ1n) is 8.22. The zero-order valence-electron chi connectivity index (χ0n) is 14.8. The summed E-state index contributed by atoms with van der Waals surface area (Å²) in [4.78, 5) is 35.7. The van der Waals surface area contributed by atoms with E-state index < -0.39 is 17.5 Å². The van der Waals surface area contributed by atoms with E-state index in [2.05, 4.69) is 20.8 Å². The molecule has 138 valence electrons. The van der Waals surface area contributed by atoms with Crippen molar-refractivity contribution in [3.05, 3.63) is 65.2 Å². The zero-order valence-corrected chi connectivity index (χ0v) is 14.8. The third-order valence-electron chi connectivity index (χ3n) is 3.77. The van der Waals surface area contributed by atoms with Crippen molar-refractivity contribution >= 4 is 23.2 Å². The molecule has 0 aliphatic rings. The van der Waals surface area contributed by atoms with Crippen LogP contribution in [0.3, 0.4) is 0 Å². The van der Waals surface area contributed by atoms with Gasteiger partial charge in [-0.3, -0.25) is 14.4 Å². The summed E-state index contributed by atoms with van der Waals surface area (Å²) in [5, 5.41) is 13.7. The Balaban J connectivity index is 1.76. The first-order valence-corrected chi connectivity index (χ1v) is 8.22. The molecule has 0 radical (unpaired) electrons. The fraction of sp³-hybridized carbons (Fsp3) is 0.167. The average Bonchev–Trinajstić information content (AvgIpc) is 3.17. The molecule has 3 aromatic rings. The average molecular weight is 366 g/mol. The van der Waals surface area contributed by atoms with E-state index in [1.165, 1.54) is 23.7 Å². The van der Waals surface area contributed by atoms with Crippen LogP contribution < -0.4 is 16.2 Å². The van der Waals surface area contributed by atoms with E-state index >= 15 is 0 Å². The molecular weight excluding hydrogens is 348 g/mol. The van der Waals surface area contributed by atoms with Gasteiger partial charge in [0.1, 0.15) is 6.04 Å². The van der Waals surface area contributed by atoms with Crippen LogP contribution in [-0.2, 0) is 9.59 Å². The third kappa shape index (κ3) is 4.27. The van der Waals surface area contributed by atoms with Crippen LogP contribution in [-0.4, -0.2) is 31.4 Å². The molecule has 0 aliphatic carbocycles. The Hall–Kier alpha value is -3.75. The fourth-order valence-electron chi connectivity index (χ4n) is 2.42. The molecule has 9 nitrogen and oxygen atoms in total. The summed E-state index contributed by atoms with van der Waals surface area (Å²) in [5.74, 6) is -0.142. The monoisotopic (exact) mass is 366 g/mol. The minimum Gasteiger partial charge on any atom is -0.326 e. The van der Waals surface area contributed by atoms with E-state index in [0.29, 0.717) is 17.2 Å². The van der Waals surface area contributed by atoms with Gasteiger partial charge in [-0.25, -0.2) is 9.36 Å². The van der Waals surface area contributed by atoms with Crippen LogP contribution in [0.15, 0.2) is 59.7 Å². The maximum atomic E-state index is 12.5. The van der Waals surface area contributed by atoms with Crippen LogP contribution in [0.25, 0.3) is 5.82 Å². The van der Waals surface area contributed by atoms with Gasteiger partial charge in [0, 0.05) is 36.8 Å². The van der Waals surface area contributed by atoms with Crippen molar-refractivity contribution in [3.63, 3.8) is 0 Å². The molecule has 0 bridgehead atoms. The van der Waals surface area contributed by atoms with Crippen LogP contribution >= 0.6 is 0 Å². The maximum absolute atomic E-state index is 12.5. The second-order valence-corrected chi connectivity index (χ2v) is 5.85. The Morgan fingerprint density at radius 2 is 1.70 bits per heavy atom. The predicted molar refractivity (Wildman–Crippen MR) is 99.7 cm³/mol. The van der Waals surface area contributed by atoms with Gasteiger partial charge in [0.05, 0.1) is 0 Å². The molecule has 3 rings (SSSR count). The summed E-state index contributed by atoms with van der Waals surface area (Å²) in [5.41, 5.74) is 0.769.